The molecule has 0 amide bonds. The topological polar surface area (TPSA) is 52.6 Å². The highest BCUT2D eigenvalue weighted by Crippen LogP contribution is 2.34. The summed E-state index contributed by atoms with van der Waals surface area (Å²) in [4.78, 5) is 0. The molecule has 0 aromatic heterocycles. The highest BCUT2D eigenvalue weighted by molar-refractivity contribution is 8.13. The summed E-state index contributed by atoms with van der Waals surface area (Å²) in [5.41, 5.74) is 0.423. The SMILES string of the molecule is Cc1cc(OCC2(CS(=O)(=O)Cl)CCOCC2)ccc1Cl. The molecule has 0 aliphatic carbocycles. The van der Waals surface area contributed by atoms with Crippen LogP contribution in [0.3, 0.4) is 0 Å². The zero-order chi connectivity index (χ0) is 15.5. The number of ether oxygens (including phenoxy) is 2. The van der Waals surface area contributed by atoms with Gasteiger partial charge in [-0.1, -0.05) is 11.6 Å². The van der Waals surface area contributed by atoms with Gasteiger partial charge in [0.15, 0.2) is 0 Å². The van der Waals surface area contributed by atoms with E-state index in [9.17, 15) is 8.42 Å². The van der Waals surface area contributed by atoms with E-state index in [-0.39, 0.29) is 5.75 Å². The molecule has 0 saturated carbocycles. The van der Waals surface area contributed by atoms with Crippen LogP contribution in [0, 0.1) is 12.3 Å². The number of aryl methyl sites for hydroxylation is 1. The molecular weight excluding hydrogens is 335 g/mol. The zero-order valence-electron chi connectivity index (χ0n) is 11.8. The maximum atomic E-state index is 11.5. The van der Waals surface area contributed by atoms with Crippen LogP contribution in [0.2, 0.25) is 5.02 Å². The van der Waals surface area contributed by atoms with Gasteiger partial charge in [-0.05, 0) is 43.5 Å². The lowest BCUT2D eigenvalue weighted by Crippen LogP contribution is -2.40. The lowest BCUT2D eigenvalue weighted by molar-refractivity contribution is 0.00227. The van der Waals surface area contributed by atoms with Crippen molar-refractivity contribution in [2.24, 2.45) is 5.41 Å². The van der Waals surface area contributed by atoms with Crippen molar-refractivity contribution in [2.75, 3.05) is 25.6 Å². The van der Waals surface area contributed by atoms with Crippen molar-refractivity contribution in [1.29, 1.82) is 0 Å². The third-order valence-electron chi connectivity index (χ3n) is 3.71. The summed E-state index contributed by atoms with van der Waals surface area (Å²) in [6, 6.07) is 5.38. The molecule has 2 rings (SSSR count). The molecule has 7 heteroatoms. The highest BCUT2D eigenvalue weighted by Gasteiger charge is 2.37. The minimum Gasteiger partial charge on any atom is -0.493 e. The second-order valence-corrected chi connectivity index (χ2v) is 8.68. The molecule has 0 N–H and O–H groups in total. The fourth-order valence-corrected chi connectivity index (χ4v) is 4.36. The Hall–Kier alpha value is -0.490. The molecule has 1 aliphatic rings. The number of halogens is 2. The van der Waals surface area contributed by atoms with Gasteiger partial charge in [-0.2, -0.15) is 0 Å². The van der Waals surface area contributed by atoms with Gasteiger partial charge in [-0.25, -0.2) is 8.42 Å². The fourth-order valence-electron chi connectivity index (χ4n) is 2.44. The molecule has 4 nitrogen and oxygen atoms in total. The lowest BCUT2D eigenvalue weighted by atomic mass is 9.83. The van der Waals surface area contributed by atoms with Gasteiger partial charge in [0.25, 0.3) is 0 Å². The van der Waals surface area contributed by atoms with Crippen LogP contribution in [0.5, 0.6) is 5.75 Å². The first kappa shape index (κ1) is 16.9. The van der Waals surface area contributed by atoms with E-state index in [2.05, 4.69) is 0 Å². The van der Waals surface area contributed by atoms with Gasteiger partial charge in [0.2, 0.25) is 9.05 Å². The van der Waals surface area contributed by atoms with Gasteiger partial charge in [0, 0.05) is 34.3 Å². The van der Waals surface area contributed by atoms with Crippen LogP contribution in [-0.4, -0.2) is 34.0 Å². The van der Waals surface area contributed by atoms with Gasteiger partial charge >= 0.3 is 0 Å². The van der Waals surface area contributed by atoms with Crippen molar-refractivity contribution < 1.29 is 17.9 Å². The van der Waals surface area contributed by atoms with E-state index < -0.39 is 14.5 Å². The quantitative estimate of drug-likeness (QED) is 0.762. The van der Waals surface area contributed by atoms with Gasteiger partial charge < -0.3 is 9.47 Å². The smallest absolute Gasteiger partial charge is 0.233 e. The summed E-state index contributed by atoms with van der Waals surface area (Å²) in [7, 11) is 1.86. The van der Waals surface area contributed by atoms with Gasteiger partial charge in [0.05, 0.1) is 12.4 Å². The maximum Gasteiger partial charge on any atom is 0.233 e. The maximum absolute atomic E-state index is 11.5. The summed E-state index contributed by atoms with van der Waals surface area (Å²) in [5, 5.41) is 0.673. The van der Waals surface area contributed by atoms with Crippen LogP contribution in [0.25, 0.3) is 0 Å². The summed E-state index contributed by atoms with van der Waals surface area (Å²) in [6.07, 6.45) is 1.23. The normalized spacial score (nSPS) is 18.4. The van der Waals surface area contributed by atoms with Crippen LogP contribution >= 0.6 is 22.3 Å². The minimum atomic E-state index is -3.59. The third-order valence-corrected chi connectivity index (χ3v) is 5.42. The Bertz CT molecular complexity index is 595. The molecule has 1 heterocycles. The molecule has 1 aliphatic heterocycles. The summed E-state index contributed by atoms with van der Waals surface area (Å²) >= 11 is 5.98. The van der Waals surface area contributed by atoms with Crippen LogP contribution < -0.4 is 4.74 Å². The third kappa shape index (κ3) is 5.02. The number of rotatable bonds is 5. The first-order valence-corrected chi connectivity index (χ1v) is 9.54. The van der Waals surface area contributed by atoms with Crippen LogP contribution in [0.15, 0.2) is 18.2 Å². The van der Waals surface area contributed by atoms with E-state index in [0.29, 0.717) is 43.4 Å². The molecule has 1 fully saturated rings. The van der Waals surface area contributed by atoms with E-state index >= 15 is 0 Å². The molecule has 0 radical (unpaired) electrons. The average Bonchev–Trinajstić information content (AvgIpc) is 2.39. The fraction of sp³-hybridized carbons (Fsp3) is 0.571. The highest BCUT2D eigenvalue weighted by atomic mass is 35.7. The Morgan fingerprint density at radius 3 is 2.57 bits per heavy atom. The lowest BCUT2D eigenvalue weighted by Gasteiger charge is -2.35. The monoisotopic (exact) mass is 352 g/mol. The van der Waals surface area contributed by atoms with Crippen LogP contribution in [0.1, 0.15) is 18.4 Å². The van der Waals surface area contributed by atoms with E-state index in [1.807, 2.05) is 13.0 Å². The second kappa shape index (κ2) is 6.73. The molecule has 0 spiro atoms. The van der Waals surface area contributed by atoms with Crippen molar-refractivity contribution in [3.63, 3.8) is 0 Å². The first-order valence-electron chi connectivity index (χ1n) is 6.69. The molecule has 21 heavy (non-hydrogen) atoms. The summed E-state index contributed by atoms with van der Waals surface area (Å²) in [5.74, 6) is 0.576. The average molecular weight is 353 g/mol. The van der Waals surface area contributed by atoms with Crippen molar-refractivity contribution in [2.45, 2.75) is 19.8 Å². The number of hydrogen-bond donors (Lipinski definition) is 0. The second-order valence-electron chi connectivity index (χ2n) is 5.50. The van der Waals surface area contributed by atoms with Crippen LogP contribution in [-0.2, 0) is 13.8 Å². The standard InChI is InChI=1S/C14H18Cl2O4S/c1-11-8-12(2-3-13(11)15)20-9-14(10-21(16,17)18)4-6-19-7-5-14/h2-3,8H,4-7,9-10H2,1H3. The molecule has 0 bridgehead atoms. The molecule has 118 valence electrons. The molecule has 1 aromatic rings. The number of hydrogen-bond acceptors (Lipinski definition) is 4. The molecule has 1 aromatic carbocycles. The largest absolute Gasteiger partial charge is 0.493 e. The van der Waals surface area contributed by atoms with Crippen molar-refractivity contribution in [3.05, 3.63) is 28.8 Å². The molecular formula is C14H18Cl2O4S. The van der Waals surface area contributed by atoms with Gasteiger partial charge in [-0.15, -0.1) is 0 Å². The van der Waals surface area contributed by atoms with Crippen molar-refractivity contribution in [3.8, 4) is 5.75 Å². The first-order chi connectivity index (χ1) is 9.80. The molecule has 0 atom stereocenters. The Balaban J connectivity index is 2.10. The summed E-state index contributed by atoms with van der Waals surface area (Å²) in [6.45, 7) is 3.23. The molecule has 0 unspecified atom stereocenters. The van der Waals surface area contributed by atoms with E-state index in [0.717, 1.165) is 5.56 Å². The predicted molar refractivity (Wildman–Crippen MR) is 83.8 cm³/mol. The molecule has 1 saturated heterocycles. The van der Waals surface area contributed by atoms with E-state index in [4.69, 9.17) is 31.8 Å². The van der Waals surface area contributed by atoms with Gasteiger partial charge in [0.1, 0.15) is 5.75 Å². The predicted octanol–water partition coefficient (Wildman–Crippen LogP) is 3.39. The van der Waals surface area contributed by atoms with Crippen LogP contribution in [0.4, 0.5) is 0 Å². The van der Waals surface area contributed by atoms with E-state index in [1.165, 1.54) is 0 Å². The minimum absolute atomic E-state index is 0.0997. The Morgan fingerprint density at radius 2 is 2.00 bits per heavy atom. The summed E-state index contributed by atoms with van der Waals surface area (Å²) < 4.78 is 34.0. The van der Waals surface area contributed by atoms with E-state index in [1.54, 1.807) is 12.1 Å². The Kier molecular flexibility index (Phi) is 5.41. The number of benzene rings is 1. The van der Waals surface area contributed by atoms with Crippen molar-refractivity contribution in [1.82, 2.24) is 0 Å². The zero-order valence-corrected chi connectivity index (χ0v) is 14.1. The Labute approximate surface area is 134 Å². The van der Waals surface area contributed by atoms with Gasteiger partial charge in [-0.3, -0.25) is 0 Å². The van der Waals surface area contributed by atoms with Crippen molar-refractivity contribution >= 4 is 31.3 Å². The Morgan fingerprint density at radius 1 is 1.33 bits per heavy atom.